The molecule has 3 aliphatic rings. The van der Waals surface area contributed by atoms with E-state index in [1.165, 1.54) is 55.3 Å². The summed E-state index contributed by atoms with van der Waals surface area (Å²) in [5.74, 6) is -3.36. The Bertz CT molecular complexity index is 3700. The number of aromatic amines is 2. The van der Waals surface area contributed by atoms with Gasteiger partial charge in [-0.15, -0.1) is 0 Å². The summed E-state index contributed by atoms with van der Waals surface area (Å²) in [4.78, 5) is 139. The number of nitrogens with two attached hydrogens (primary N) is 1. The molecule has 94 heavy (non-hydrogen) atoms. The fraction of sp³-hybridized carbons (Fsp3) is 0.456. The van der Waals surface area contributed by atoms with Gasteiger partial charge in [0.05, 0.1) is 7.11 Å². The average molecular weight is 1330 g/mol. The van der Waals surface area contributed by atoms with Crippen molar-refractivity contribution in [3.8, 4) is 5.75 Å². The number of carbonyl (C=O) groups excluding carboxylic acids is 9. The number of nitrogens with zero attached hydrogens (tertiary/aromatic N) is 2. The number of ether oxygens (including phenoxy) is 1. The van der Waals surface area contributed by atoms with Gasteiger partial charge in [0.2, 0.25) is 53.2 Å². The van der Waals surface area contributed by atoms with Gasteiger partial charge in [-0.25, -0.2) is 8.78 Å². The number of aromatic nitrogens is 2. The third kappa shape index (κ3) is 18.5. The maximum atomic E-state index is 15.2. The molecule has 2 aromatic heterocycles. The molecule has 2 saturated heterocycles. The van der Waals surface area contributed by atoms with Gasteiger partial charge in [-0.3, -0.25) is 43.2 Å². The van der Waals surface area contributed by atoms with Gasteiger partial charge in [0.1, 0.15) is 59.2 Å². The molecular formula is C68H84F2N12O10S2. The number of hydrogen-bond acceptors (Lipinski definition) is 13. The minimum absolute atomic E-state index is 0.0818. The molecule has 9 amide bonds. The maximum Gasteiger partial charge on any atom is 0.246 e. The third-order valence-electron chi connectivity index (χ3n) is 17.5. The number of carbonyl (C=O) groups is 9. The first-order valence-corrected chi connectivity index (χ1v) is 34.4. The lowest BCUT2D eigenvalue weighted by molar-refractivity contribution is -0.146. The molecule has 3 aliphatic heterocycles. The predicted molar refractivity (Wildman–Crippen MR) is 357 cm³/mol. The topological polar surface area (TPSA) is 311 Å². The lowest BCUT2D eigenvalue weighted by Crippen LogP contribution is -2.60. The number of thioether (sulfide) groups is 2. The maximum absolute atomic E-state index is 15.2. The Labute approximate surface area is 553 Å². The van der Waals surface area contributed by atoms with Gasteiger partial charge >= 0.3 is 0 Å². The van der Waals surface area contributed by atoms with E-state index in [0.29, 0.717) is 107 Å². The lowest BCUT2D eigenvalue weighted by Gasteiger charge is -2.36. The van der Waals surface area contributed by atoms with E-state index < -0.39 is 94.8 Å². The first-order valence-electron chi connectivity index (χ1n) is 32.1. The van der Waals surface area contributed by atoms with Crippen LogP contribution < -0.4 is 47.7 Å². The summed E-state index contributed by atoms with van der Waals surface area (Å²) in [5.41, 5.74) is 9.38. The largest absolute Gasteiger partial charge is 0.497 e. The highest BCUT2D eigenvalue weighted by atomic mass is 32.2. The molecule has 502 valence electrons. The van der Waals surface area contributed by atoms with Gasteiger partial charge in [-0.05, 0) is 142 Å². The number of H-pyrrole nitrogens is 2. The van der Waals surface area contributed by atoms with Crippen LogP contribution in [0.4, 0.5) is 8.78 Å². The van der Waals surface area contributed by atoms with Gasteiger partial charge in [0, 0.05) is 115 Å². The smallest absolute Gasteiger partial charge is 0.246 e. The minimum atomic E-state index is -1.46. The molecule has 5 heterocycles. The highest BCUT2D eigenvalue weighted by Crippen LogP contribution is 2.32. The van der Waals surface area contributed by atoms with Crippen molar-refractivity contribution in [2.75, 3.05) is 51.3 Å². The average Bonchev–Trinajstić information content (AvgIpc) is 1.60. The van der Waals surface area contributed by atoms with Crippen molar-refractivity contribution in [1.82, 2.24) is 57.0 Å². The molecule has 6 aromatic rings. The van der Waals surface area contributed by atoms with E-state index in [4.69, 9.17) is 10.5 Å². The molecule has 7 atom stereocenters. The second kappa shape index (κ2) is 33.1. The minimum Gasteiger partial charge on any atom is -0.497 e. The number of nitrogens with one attached hydrogen (secondary N) is 9. The van der Waals surface area contributed by atoms with Gasteiger partial charge in [0.25, 0.3) is 0 Å². The van der Waals surface area contributed by atoms with Crippen LogP contribution >= 0.6 is 23.5 Å². The van der Waals surface area contributed by atoms with E-state index in [9.17, 15) is 42.3 Å². The molecule has 26 heteroatoms. The van der Waals surface area contributed by atoms with Gasteiger partial charge in [-0.2, -0.15) is 23.5 Å². The Kier molecular flexibility index (Phi) is 24.6. The van der Waals surface area contributed by atoms with Crippen LogP contribution in [0.5, 0.6) is 5.75 Å². The first-order chi connectivity index (χ1) is 45.3. The molecule has 11 N–H and O–H groups in total. The number of halogens is 2. The monoisotopic (exact) mass is 1330 g/mol. The number of amides is 9. The molecule has 4 aromatic carbocycles. The van der Waals surface area contributed by atoms with E-state index in [2.05, 4.69) is 53.3 Å². The fourth-order valence-corrected chi connectivity index (χ4v) is 14.0. The summed E-state index contributed by atoms with van der Waals surface area (Å²) < 4.78 is 34.7. The van der Waals surface area contributed by atoms with Crippen molar-refractivity contribution < 1.29 is 56.7 Å². The third-order valence-corrected chi connectivity index (χ3v) is 19.5. The van der Waals surface area contributed by atoms with E-state index >= 15 is 9.59 Å². The van der Waals surface area contributed by atoms with Crippen molar-refractivity contribution in [1.29, 1.82) is 0 Å². The number of hydrogen-bond donors (Lipinski definition) is 10. The van der Waals surface area contributed by atoms with Gasteiger partial charge in [0.15, 0.2) is 0 Å². The summed E-state index contributed by atoms with van der Waals surface area (Å²) in [6.07, 6.45) is 3.92. The van der Waals surface area contributed by atoms with Crippen molar-refractivity contribution in [2.45, 2.75) is 144 Å². The molecule has 2 fully saturated rings. The van der Waals surface area contributed by atoms with E-state index in [0.717, 1.165) is 16.7 Å². The number of unbranched alkanes of at least 4 members (excludes halogenated alkanes) is 1. The summed E-state index contributed by atoms with van der Waals surface area (Å²) in [5, 5.41) is 20.8. The molecule has 0 unspecified atom stereocenters. The van der Waals surface area contributed by atoms with Crippen LogP contribution in [0.1, 0.15) is 99.6 Å². The fourth-order valence-electron chi connectivity index (χ4n) is 12.3. The molecule has 2 bridgehead atoms. The summed E-state index contributed by atoms with van der Waals surface area (Å²) in [6, 6.07) is 17.6. The zero-order valence-electron chi connectivity index (χ0n) is 53.2. The lowest BCUT2D eigenvalue weighted by atomic mass is 9.96. The zero-order valence-corrected chi connectivity index (χ0v) is 54.8. The second-order valence-electron chi connectivity index (χ2n) is 24.4. The van der Waals surface area contributed by atoms with Crippen LogP contribution in [0.15, 0.2) is 97.2 Å². The summed E-state index contributed by atoms with van der Waals surface area (Å²) >= 11 is 3.20. The molecule has 0 radical (unpaired) electrons. The number of fused-ring (bicyclic) bond motifs is 6. The first kappa shape index (κ1) is 69.8. The Morgan fingerprint density at radius 2 is 1.34 bits per heavy atom. The molecular weight excluding hydrogens is 1250 g/mol. The Morgan fingerprint density at radius 1 is 0.649 bits per heavy atom. The number of rotatable bonds is 11. The van der Waals surface area contributed by atoms with Crippen LogP contribution in [0.3, 0.4) is 0 Å². The molecule has 0 spiro atoms. The second-order valence-corrected chi connectivity index (χ2v) is 26.6. The highest BCUT2D eigenvalue weighted by Gasteiger charge is 2.47. The van der Waals surface area contributed by atoms with Crippen LogP contribution in [0.2, 0.25) is 0 Å². The SMILES string of the molecule is COc1ccc(C[C@@H]2NC(=O)CCNC(=O)[C@@H]3CCCN3C(=O)[C@H](Cc3c[nH]c4ccc(F)cc34)NC(=O)[C@H](Cc3cc4cc(F)ccc4[nH]3)NC(=O)[C@@H](C)NC(=O)[C@@H](CCCCN)NC(=O)CCSCc3cccc(c3)CSCCNC(=O)[C@]3(C)CCCN3C2=O)cc1. The van der Waals surface area contributed by atoms with Gasteiger partial charge < -0.3 is 67.5 Å². The van der Waals surface area contributed by atoms with Crippen LogP contribution in [0.25, 0.3) is 21.8 Å². The quantitative estimate of drug-likeness (QED) is 0.0756. The van der Waals surface area contributed by atoms with Gasteiger partial charge in [-0.1, -0.05) is 36.4 Å². The van der Waals surface area contributed by atoms with Crippen molar-refractivity contribution in [3.63, 3.8) is 0 Å². The van der Waals surface area contributed by atoms with Crippen molar-refractivity contribution in [2.24, 2.45) is 5.73 Å². The molecule has 9 rings (SSSR count). The van der Waals surface area contributed by atoms with Crippen LogP contribution in [-0.4, -0.2) is 166 Å². The normalized spacial score (nSPS) is 23.6. The van der Waals surface area contributed by atoms with Crippen LogP contribution in [0, 0.1) is 11.6 Å². The van der Waals surface area contributed by atoms with Crippen molar-refractivity contribution in [3.05, 3.63) is 137 Å². The molecule has 0 aliphatic carbocycles. The molecule has 0 saturated carbocycles. The highest BCUT2D eigenvalue weighted by molar-refractivity contribution is 7.98. The van der Waals surface area contributed by atoms with Crippen molar-refractivity contribution >= 4 is 98.5 Å². The summed E-state index contributed by atoms with van der Waals surface area (Å²) in [7, 11) is 1.54. The van der Waals surface area contributed by atoms with E-state index in [1.807, 2.05) is 18.2 Å². The Morgan fingerprint density at radius 3 is 2.10 bits per heavy atom. The number of benzene rings is 4. The Hall–Kier alpha value is -8.49. The predicted octanol–water partition coefficient (Wildman–Crippen LogP) is 5.10. The zero-order chi connectivity index (χ0) is 66.9. The summed E-state index contributed by atoms with van der Waals surface area (Å²) in [6.45, 7) is 4.05. The van der Waals surface area contributed by atoms with Crippen LogP contribution in [-0.2, 0) is 73.9 Å². The standard InChI is InChI=1S/C68H84F2N12O10S2/c1-41-61(85)79-55(37-49-34-45-33-47(69)15-19-52(45)76-49)63(87)80-57(35-46-38-74-53-20-16-48(70)36-51(46)53)65(89)81-27-7-12-58(81)64(88)72-25-21-59(83)78-56(32-42-13-17-50(92-3)18-14-42)66(90)82-28-8-23-68(82,2)67(91)73-26-30-94-40-44-10-6-9-43(31-44)39-93-29-22-60(84)77-54(62(86)75-41)11-4-5-24-71/h6,9-10,13-20,31,33-34,36,38,41,54-58,74,76H,4-5,7-8,11-12,21-30,32,35,37,39-40,71H2,1-3H3,(H,72,88)(H,73,91)(H,75,86)(H,77,84)(H,78,83)(H,79,85)(H,80,87)/t41-,54-,55+,56+,57+,58+,68+/m1/s1. The van der Waals surface area contributed by atoms with E-state index in [1.54, 1.807) is 71.9 Å². The number of methoxy groups -OCH3 is 1. The molecule has 22 nitrogen and oxygen atoms in total. The van der Waals surface area contributed by atoms with E-state index in [-0.39, 0.29) is 76.4 Å². The Balaban J connectivity index is 0.982.